The van der Waals surface area contributed by atoms with E-state index in [4.69, 9.17) is 14.5 Å². The third-order valence-corrected chi connectivity index (χ3v) is 5.25. The molecule has 2 aromatic rings. The number of carbonyl (C=O) groups is 1. The van der Waals surface area contributed by atoms with Crippen LogP contribution in [0.25, 0.3) is 6.08 Å². The first-order chi connectivity index (χ1) is 14.8. The van der Waals surface area contributed by atoms with Crippen molar-refractivity contribution in [2.75, 3.05) is 14.2 Å². The first-order valence-corrected chi connectivity index (χ1v) is 10.3. The number of rotatable bonds is 6. The molecule has 1 N–H and O–H groups in total. The summed E-state index contributed by atoms with van der Waals surface area (Å²) in [4.78, 5) is 17.6. The number of hydrogen-bond donors (Lipinski definition) is 1. The Hall–Kier alpha value is -3.34. The van der Waals surface area contributed by atoms with Gasteiger partial charge in [-0.2, -0.15) is 0 Å². The highest BCUT2D eigenvalue weighted by atomic mass is 16.5. The van der Waals surface area contributed by atoms with Crippen LogP contribution in [0.1, 0.15) is 37.8 Å². The van der Waals surface area contributed by atoms with Gasteiger partial charge in [-0.1, -0.05) is 56.3 Å². The largest absolute Gasteiger partial charge is 0.507 e. The number of aliphatic imine (C=N–C) groups is 1. The zero-order valence-corrected chi connectivity index (χ0v) is 18.5. The molecule has 31 heavy (non-hydrogen) atoms. The first kappa shape index (κ1) is 22.3. The molecule has 5 heteroatoms. The summed E-state index contributed by atoms with van der Waals surface area (Å²) in [7, 11) is 3.15. The number of hydrogen-bond acceptors (Lipinski definition) is 5. The van der Waals surface area contributed by atoms with Crippen LogP contribution in [0.2, 0.25) is 0 Å². The van der Waals surface area contributed by atoms with Crippen molar-refractivity contribution in [3.05, 3.63) is 77.1 Å². The molecule has 3 rings (SSSR count). The Balaban J connectivity index is 1.93. The van der Waals surface area contributed by atoms with Crippen molar-refractivity contribution in [2.45, 2.75) is 33.2 Å². The van der Waals surface area contributed by atoms with Gasteiger partial charge in [-0.25, -0.2) is 0 Å². The summed E-state index contributed by atoms with van der Waals surface area (Å²) in [6.07, 6.45) is 4.30. The number of allylic oxidation sites excluding steroid dienone is 2. The van der Waals surface area contributed by atoms with Crippen molar-refractivity contribution in [1.29, 1.82) is 0 Å². The smallest absolute Gasteiger partial charge is 0.168 e. The summed E-state index contributed by atoms with van der Waals surface area (Å²) in [6, 6.07) is 15.3. The van der Waals surface area contributed by atoms with Crippen molar-refractivity contribution in [1.82, 2.24) is 0 Å². The molecule has 0 amide bonds. The quantitative estimate of drug-likeness (QED) is 0.492. The van der Waals surface area contributed by atoms with E-state index in [1.165, 1.54) is 0 Å². The van der Waals surface area contributed by atoms with E-state index in [2.05, 4.69) is 13.8 Å². The van der Waals surface area contributed by atoms with Crippen molar-refractivity contribution >= 4 is 17.6 Å². The average Bonchev–Trinajstić information content (AvgIpc) is 2.75. The molecule has 0 unspecified atom stereocenters. The Bertz CT molecular complexity index is 1030. The second-order valence-electron chi connectivity index (χ2n) is 8.40. The normalized spacial score (nSPS) is 19.0. The molecule has 1 saturated carbocycles. The molecule has 1 aliphatic carbocycles. The van der Waals surface area contributed by atoms with Crippen molar-refractivity contribution in [2.24, 2.45) is 10.4 Å². The summed E-state index contributed by atoms with van der Waals surface area (Å²) in [5, 5.41) is 10.8. The van der Waals surface area contributed by atoms with E-state index in [1.807, 2.05) is 42.5 Å². The summed E-state index contributed by atoms with van der Waals surface area (Å²) in [6.45, 7) is 4.57. The third kappa shape index (κ3) is 5.63. The van der Waals surface area contributed by atoms with E-state index in [-0.39, 0.29) is 17.0 Å². The summed E-state index contributed by atoms with van der Waals surface area (Å²) in [5.74, 6) is 1.07. The monoisotopic (exact) mass is 419 g/mol. The van der Waals surface area contributed by atoms with E-state index in [1.54, 1.807) is 32.4 Å². The Labute approximate surface area is 183 Å². The van der Waals surface area contributed by atoms with Crippen molar-refractivity contribution in [3.63, 3.8) is 0 Å². The summed E-state index contributed by atoms with van der Waals surface area (Å²) in [5.41, 5.74) is 2.65. The highest BCUT2D eigenvalue weighted by Crippen LogP contribution is 2.36. The van der Waals surface area contributed by atoms with Crippen LogP contribution in [-0.4, -0.2) is 30.8 Å². The number of Topliss-reactive ketones (excluding diaryl/α,β-unsaturated/α-hetero) is 1. The van der Waals surface area contributed by atoms with Crippen LogP contribution in [0, 0.1) is 5.41 Å². The predicted octanol–water partition coefficient (Wildman–Crippen LogP) is 5.56. The number of ketones is 1. The lowest BCUT2D eigenvalue weighted by Gasteiger charge is -2.31. The standard InChI is InChI=1S/C26H29NO4/c1-26(2)15-20(27-17-19-8-6-5-7-9-19)25(22(29)16-26)21(28)12-10-18-11-13-23(30-3)24(14-18)31-4/h5-14,28H,15-17H2,1-4H3. The van der Waals surface area contributed by atoms with Crippen LogP contribution >= 0.6 is 0 Å². The Kier molecular flexibility index (Phi) is 6.95. The Morgan fingerprint density at radius 3 is 2.45 bits per heavy atom. The molecule has 0 aliphatic heterocycles. The molecular formula is C26H29NO4. The molecule has 0 bridgehead atoms. The van der Waals surface area contributed by atoms with Crippen LogP contribution in [-0.2, 0) is 11.3 Å². The van der Waals surface area contributed by atoms with Gasteiger partial charge in [0, 0.05) is 6.42 Å². The molecule has 5 nitrogen and oxygen atoms in total. The number of aliphatic hydroxyl groups is 1. The maximum absolute atomic E-state index is 12.9. The lowest BCUT2D eigenvalue weighted by Crippen LogP contribution is -2.32. The van der Waals surface area contributed by atoms with Gasteiger partial charge in [-0.3, -0.25) is 9.79 Å². The molecule has 1 aliphatic rings. The van der Waals surface area contributed by atoms with Crippen LogP contribution in [0.3, 0.4) is 0 Å². The van der Waals surface area contributed by atoms with E-state index >= 15 is 0 Å². The van der Waals surface area contributed by atoms with Gasteiger partial charge in [0.2, 0.25) is 0 Å². The van der Waals surface area contributed by atoms with Gasteiger partial charge in [0.05, 0.1) is 32.0 Å². The van der Waals surface area contributed by atoms with Crippen LogP contribution < -0.4 is 9.47 Å². The highest BCUT2D eigenvalue weighted by molar-refractivity contribution is 6.25. The number of nitrogens with zero attached hydrogens (tertiary/aromatic N) is 1. The van der Waals surface area contributed by atoms with Crippen LogP contribution in [0.15, 0.2) is 70.9 Å². The topological polar surface area (TPSA) is 68.1 Å². The molecule has 0 atom stereocenters. The van der Waals surface area contributed by atoms with Gasteiger partial charge in [-0.15, -0.1) is 0 Å². The fraction of sp³-hybridized carbons (Fsp3) is 0.308. The zero-order chi connectivity index (χ0) is 22.4. The number of ether oxygens (including phenoxy) is 2. The van der Waals surface area contributed by atoms with Crippen molar-refractivity contribution in [3.8, 4) is 11.5 Å². The van der Waals surface area contributed by atoms with Crippen molar-refractivity contribution < 1.29 is 19.4 Å². The van der Waals surface area contributed by atoms with Gasteiger partial charge in [-0.05, 0) is 41.2 Å². The summed E-state index contributed by atoms with van der Waals surface area (Å²) >= 11 is 0. The molecular weight excluding hydrogens is 390 g/mol. The van der Waals surface area contributed by atoms with Gasteiger partial charge < -0.3 is 14.6 Å². The predicted molar refractivity (Wildman–Crippen MR) is 124 cm³/mol. The lowest BCUT2D eigenvalue weighted by molar-refractivity contribution is -0.117. The SMILES string of the molecule is COc1ccc(C=CC(O)=C2C(=O)CC(C)(C)CC2=NCc2ccccc2)cc1OC. The lowest BCUT2D eigenvalue weighted by atomic mass is 9.73. The van der Waals surface area contributed by atoms with Gasteiger partial charge in [0.25, 0.3) is 0 Å². The average molecular weight is 420 g/mol. The number of carbonyl (C=O) groups excluding carboxylic acids is 1. The van der Waals surface area contributed by atoms with E-state index < -0.39 is 0 Å². The fourth-order valence-electron chi connectivity index (χ4n) is 3.70. The molecule has 1 fully saturated rings. The maximum Gasteiger partial charge on any atom is 0.168 e. The molecule has 0 heterocycles. The van der Waals surface area contributed by atoms with Gasteiger partial charge in [0.1, 0.15) is 5.76 Å². The molecule has 0 spiro atoms. The van der Waals surface area contributed by atoms with E-state index in [0.717, 1.165) is 11.1 Å². The zero-order valence-electron chi connectivity index (χ0n) is 18.5. The number of benzene rings is 2. The Morgan fingerprint density at radius 2 is 1.77 bits per heavy atom. The molecule has 0 radical (unpaired) electrons. The minimum Gasteiger partial charge on any atom is -0.507 e. The number of methoxy groups -OCH3 is 2. The number of aliphatic hydroxyl groups excluding tert-OH is 1. The van der Waals surface area contributed by atoms with E-state index in [9.17, 15) is 9.90 Å². The molecule has 0 aromatic heterocycles. The van der Waals surface area contributed by atoms with Gasteiger partial charge in [0.15, 0.2) is 17.3 Å². The van der Waals surface area contributed by atoms with Gasteiger partial charge >= 0.3 is 0 Å². The van der Waals surface area contributed by atoms with Crippen LogP contribution in [0.4, 0.5) is 0 Å². The minimum absolute atomic E-state index is 0.0675. The maximum atomic E-state index is 12.9. The first-order valence-electron chi connectivity index (χ1n) is 10.3. The molecule has 162 valence electrons. The third-order valence-electron chi connectivity index (χ3n) is 5.25. The molecule has 2 aromatic carbocycles. The highest BCUT2D eigenvalue weighted by Gasteiger charge is 2.35. The Morgan fingerprint density at radius 1 is 1.06 bits per heavy atom. The van der Waals surface area contributed by atoms with Crippen LogP contribution in [0.5, 0.6) is 11.5 Å². The van der Waals surface area contributed by atoms with E-state index in [0.29, 0.717) is 42.2 Å². The second kappa shape index (κ2) is 9.65. The molecule has 0 saturated heterocycles. The summed E-state index contributed by atoms with van der Waals surface area (Å²) < 4.78 is 10.6. The second-order valence-corrected chi connectivity index (χ2v) is 8.40. The minimum atomic E-state index is -0.191. The fourth-order valence-corrected chi connectivity index (χ4v) is 3.70.